The third-order valence-electron chi connectivity index (χ3n) is 3.97. The number of hydrogen-bond acceptors (Lipinski definition) is 4. The molecule has 0 spiro atoms. The first kappa shape index (κ1) is 21.2. The van der Waals surface area contributed by atoms with Crippen molar-refractivity contribution < 1.29 is 14.3 Å². The van der Waals surface area contributed by atoms with Crippen LogP contribution in [0, 0.1) is 0 Å². The molecule has 2 N–H and O–H groups in total. The molecule has 1 saturated carbocycles. The van der Waals surface area contributed by atoms with Gasteiger partial charge >= 0.3 is 0 Å². The number of rotatable bonds is 9. The number of methoxy groups -OCH3 is 1. The number of ether oxygens (including phenoxy) is 2. The van der Waals surface area contributed by atoms with E-state index < -0.39 is 0 Å². The molecule has 0 saturated heterocycles. The molecule has 1 aliphatic rings. The lowest BCUT2D eigenvalue weighted by Crippen LogP contribution is -2.37. The van der Waals surface area contributed by atoms with Crippen molar-refractivity contribution in [1.29, 1.82) is 0 Å². The van der Waals surface area contributed by atoms with Crippen molar-refractivity contribution in [2.45, 2.75) is 44.9 Å². The smallest absolute Gasteiger partial charge is 0.225 e. The van der Waals surface area contributed by atoms with Crippen LogP contribution in [0.1, 0.15) is 31.7 Å². The molecule has 0 radical (unpaired) electrons. The van der Waals surface area contributed by atoms with Gasteiger partial charge < -0.3 is 20.1 Å². The fourth-order valence-corrected chi connectivity index (χ4v) is 2.94. The fraction of sp³-hybridized carbons (Fsp3) is 0.588. The number of hydrogen-bond donors (Lipinski definition) is 1. The summed E-state index contributed by atoms with van der Waals surface area (Å²) < 4.78 is 11.9. The van der Waals surface area contributed by atoms with Crippen LogP contribution in [0.5, 0.6) is 5.75 Å². The Labute approximate surface area is 158 Å². The van der Waals surface area contributed by atoms with Crippen LogP contribution < -0.4 is 10.5 Å². The van der Waals surface area contributed by atoms with Gasteiger partial charge in [0.2, 0.25) is 5.91 Å². The van der Waals surface area contributed by atoms with Crippen molar-refractivity contribution in [3.8, 4) is 5.75 Å². The monoisotopic (exact) mass is 420 g/mol. The Bertz CT molecular complexity index is 537. The SMILES string of the molecule is CCOc1ccc(Br)cc1CN(C(=O)CC(CN)OC)C1CC1.Cl. The molecular weight excluding hydrogens is 396 g/mol. The molecule has 7 heteroatoms. The number of benzene rings is 1. The lowest BCUT2D eigenvalue weighted by atomic mass is 10.1. The molecule has 24 heavy (non-hydrogen) atoms. The molecule has 1 amide bonds. The Balaban J connectivity index is 0.00000288. The molecule has 1 unspecified atom stereocenters. The molecule has 2 rings (SSSR count). The quantitative estimate of drug-likeness (QED) is 0.665. The molecule has 0 aliphatic heterocycles. The van der Waals surface area contributed by atoms with Crippen LogP contribution >= 0.6 is 28.3 Å². The summed E-state index contributed by atoms with van der Waals surface area (Å²) in [5.74, 6) is 0.920. The summed E-state index contributed by atoms with van der Waals surface area (Å²) >= 11 is 3.49. The van der Waals surface area contributed by atoms with E-state index in [-0.39, 0.29) is 24.4 Å². The molecule has 0 heterocycles. The van der Waals surface area contributed by atoms with Crippen LogP contribution in [0.25, 0.3) is 0 Å². The van der Waals surface area contributed by atoms with Crippen LogP contribution in [0.3, 0.4) is 0 Å². The summed E-state index contributed by atoms with van der Waals surface area (Å²) in [7, 11) is 1.59. The predicted octanol–water partition coefficient (Wildman–Crippen LogP) is 3.12. The highest BCUT2D eigenvalue weighted by molar-refractivity contribution is 9.10. The second kappa shape index (κ2) is 10.2. The lowest BCUT2D eigenvalue weighted by Gasteiger charge is -2.25. The number of carbonyl (C=O) groups excluding carboxylic acids is 1. The van der Waals surface area contributed by atoms with Crippen molar-refractivity contribution in [1.82, 2.24) is 4.90 Å². The highest BCUT2D eigenvalue weighted by atomic mass is 79.9. The summed E-state index contributed by atoms with van der Waals surface area (Å²) in [6, 6.07) is 6.24. The van der Waals surface area contributed by atoms with Crippen molar-refractivity contribution in [2.75, 3.05) is 20.3 Å². The Morgan fingerprint density at radius 1 is 1.46 bits per heavy atom. The third kappa shape index (κ3) is 5.92. The Kier molecular flexibility index (Phi) is 9.05. The molecule has 0 aromatic heterocycles. The zero-order valence-corrected chi connectivity index (χ0v) is 16.6. The van der Waals surface area contributed by atoms with Gasteiger partial charge in [0.1, 0.15) is 5.75 Å². The highest BCUT2D eigenvalue weighted by Gasteiger charge is 2.33. The van der Waals surface area contributed by atoms with E-state index in [2.05, 4.69) is 15.9 Å². The Morgan fingerprint density at radius 3 is 2.71 bits per heavy atom. The van der Waals surface area contributed by atoms with E-state index in [1.165, 1.54) is 0 Å². The first-order chi connectivity index (χ1) is 11.1. The molecule has 1 aromatic rings. The Morgan fingerprint density at radius 2 is 2.17 bits per heavy atom. The second-order valence-electron chi connectivity index (χ2n) is 5.74. The van der Waals surface area contributed by atoms with Gasteiger partial charge in [0, 0.05) is 36.3 Å². The van der Waals surface area contributed by atoms with Crippen LogP contribution in [-0.2, 0) is 16.1 Å². The van der Waals surface area contributed by atoms with Crippen molar-refractivity contribution >= 4 is 34.2 Å². The van der Waals surface area contributed by atoms with Crippen LogP contribution in [0.4, 0.5) is 0 Å². The van der Waals surface area contributed by atoms with Crippen LogP contribution in [0.2, 0.25) is 0 Å². The van der Waals surface area contributed by atoms with Gasteiger partial charge in [-0.3, -0.25) is 4.79 Å². The molecule has 1 fully saturated rings. The van der Waals surface area contributed by atoms with Gasteiger partial charge in [-0.25, -0.2) is 0 Å². The molecule has 136 valence electrons. The lowest BCUT2D eigenvalue weighted by molar-refractivity contribution is -0.134. The van der Waals surface area contributed by atoms with Gasteiger partial charge in [0.15, 0.2) is 0 Å². The van der Waals surface area contributed by atoms with E-state index >= 15 is 0 Å². The van der Waals surface area contributed by atoms with E-state index in [1.54, 1.807) is 7.11 Å². The van der Waals surface area contributed by atoms with Gasteiger partial charge in [0.05, 0.1) is 19.1 Å². The minimum Gasteiger partial charge on any atom is -0.494 e. The molecule has 1 aromatic carbocycles. The second-order valence-corrected chi connectivity index (χ2v) is 6.65. The molecule has 1 aliphatic carbocycles. The predicted molar refractivity (Wildman–Crippen MR) is 101 cm³/mol. The molecular formula is C17H26BrClN2O3. The largest absolute Gasteiger partial charge is 0.494 e. The number of amides is 1. The van der Waals surface area contributed by atoms with Gasteiger partial charge in [-0.15, -0.1) is 12.4 Å². The number of nitrogens with zero attached hydrogens (tertiary/aromatic N) is 1. The van der Waals surface area contributed by atoms with Gasteiger partial charge in [-0.05, 0) is 38.0 Å². The third-order valence-corrected chi connectivity index (χ3v) is 4.46. The van der Waals surface area contributed by atoms with E-state index in [0.29, 0.717) is 32.2 Å². The maximum Gasteiger partial charge on any atom is 0.225 e. The summed E-state index contributed by atoms with van der Waals surface area (Å²) in [6.07, 6.45) is 2.22. The topological polar surface area (TPSA) is 64.8 Å². The fourth-order valence-electron chi connectivity index (χ4n) is 2.53. The summed E-state index contributed by atoms with van der Waals surface area (Å²) in [4.78, 5) is 14.6. The van der Waals surface area contributed by atoms with Crippen molar-refractivity contribution in [3.05, 3.63) is 28.2 Å². The maximum absolute atomic E-state index is 12.6. The zero-order valence-electron chi connectivity index (χ0n) is 14.2. The summed E-state index contributed by atoms with van der Waals surface area (Å²) in [5.41, 5.74) is 6.65. The van der Waals surface area contributed by atoms with E-state index in [1.807, 2.05) is 30.0 Å². The first-order valence-corrected chi connectivity index (χ1v) is 8.81. The minimum absolute atomic E-state index is 0. The highest BCUT2D eigenvalue weighted by Crippen LogP contribution is 2.32. The van der Waals surface area contributed by atoms with Gasteiger partial charge in [0.25, 0.3) is 0 Å². The number of nitrogens with two attached hydrogens (primary N) is 1. The van der Waals surface area contributed by atoms with E-state index in [0.717, 1.165) is 28.6 Å². The summed E-state index contributed by atoms with van der Waals surface area (Å²) in [5, 5.41) is 0. The zero-order chi connectivity index (χ0) is 16.8. The van der Waals surface area contributed by atoms with Crippen LogP contribution in [0.15, 0.2) is 22.7 Å². The van der Waals surface area contributed by atoms with Gasteiger partial charge in [-0.1, -0.05) is 15.9 Å². The molecule has 5 nitrogen and oxygen atoms in total. The maximum atomic E-state index is 12.6. The first-order valence-electron chi connectivity index (χ1n) is 8.02. The average Bonchev–Trinajstić information content (AvgIpc) is 3.37. The number of carbonyl (C=O) groups is 1. The van der Waals surface area contributed by atoms with Gasteiger partial charge in [-0.2, -0.15) is 0 Å². The van der Waals surface area contributed by atoms with E-state index in [4.69, 9.17) is 15.2 Å². The average molecular weight is 422 g/mol. The van der Waals surface area contributed by atoms with Crippen LogP contribution in [-0.4, -0.2) is 43.2 Å². The number of halogens is 2. The molecule has 1 atom stereocenters. The normalized spacial score (nSPS) is 14.7. The van der Waals surface area contributed by atoms with E-state index in [9.17, 15) is 4.79 Å². The molecule has 0 bridgehead atoms. The Hall–Kier alpha value is -0.820. The standard InChI is InChI=1S/C17H25BrN2O3.ClH/c1-3-23-16-7-4-13(18)8-12(16)11-20(14-5-6-14)17(21)9-15(10-19)22-2;/h4,7-8,14-15H,3,5-6,9-11,19H2,1-2H3;1H. The van der Waals surface area contributed by atoms with Crippen molar-refractivity contribution in [3.63, 3.8) is 0 Å². The minimum atomic E-state index is -0.224. The van der Waals surface area contributed by atoms with Crippen molar-refractivity contribution in [2.24, 2.45) is 5.73 Å². The summed E-state index contributed by atoms with van der Waals surface area (Å²) in [6.45, 7) is 3.46.